The molecular formula is C12H22N2OS. The molecule has 1 aromatic heterocycles. The summed E-state index contributed by atoms with van der Waals surface area (Å²) >= 11 is 1.72. The Balaban J connectivity index is 2.47. The standard InChI is InChI=1S/C12H22N2OS/c1-9(5-6-15-4)12(13-3)7-11-8-16-10(2)14-11/h8-9,12-13H,5-7H2,1-4H3. The molecule has 3 nitrogen and oxygen atoms in total. The summed E-state index contributed by atoms with van der Waals surface area (Å²) in [6.45, 7) is 5.14. The van der Waals surface area contributed by atoms with Gasteiger partial charge in [-0.3, -0.25) is 0 Å². The van der Waals surface area contributed by atoms with E-state index in [1.54, 1.807) is 18.4 Å². The predicted octanol–water partition coefficient (Wildman–Crippen LogP) is 2.25. The van der Waals surface area contributed by atoms with Crippen molar-refractivity contribution in [1.29, 1.82) is 0 Å². The summed E-state index contributed by atoms with van der Waals surface area (Å²) in [4.78, 5) is 4.51. The third-order valence-corrected chi connectivity index (χ3v) is 3.75. The molecule has 0 bridgehead atoms. The van der Waals surface area contributed by atoms with Crippen LogP contribution in [0.1, 0.15) is 24.0 Å². The third-order valence-electron chi connectivity index (χ3n) is 2.93. The number of ether oxygens (including phenoxy) is 1. The molecule has 92 valence electrons. The summed E-state index contributed by atoms with van der Waals surface area (Å²) in [6.07, 6.45) is 2.09. The topological polar surface area (TPSA) is 34.2 Å². The van der Waals surface area contributed by atoms with Gasteiger partial charge in [-0.05, 0) is 26.3 Å². The molecule has 0 spiro atoms. The monoisotopic (exact) mass is 242 g/mol. The van der Waals surface area contributed by atoms with Gasteiger partial charge in [-0.1, -0.05) is 6.92 Å². The van der Waals surface area contributed by atoms with E-state index >= 15 is 0 Å². The van der Waals surface area contributed by atoms with E-state index in [0.717, 1.165) is 24.5 Å². The summed E-state index contributed by atoms with van der Waals surface area (Å²) in [5.41, 5.74) is 1.20. The van der Waals surface area contributed by atoms with E-state index in [0.29, 0.717) is 12.0 Å². The molecule has 1 aromatic rings. The molecule has 0 saturated carbocycles. The highest BCUT2D eigenvalue weighted by atomic mass is 32.1. The zero-order chi connectivity index (χ0) is 12.0. The second-order valence-electron chi connectivity index (χ2n) is 4.22. The summed E-state index contributed by atoms with van der Waals surface area (Å²) in [5, 5.41) is 6.68. The van der Waals surface area contributed by atoms with Gasteiger partial charge in [0.1, 0.15) is 0 Å². The Bertz CT molecular complexity index is 301. The summed E-state index contributed by atoms with van der Waals surface area (Å²) in [7, 11) is 3.78. The normalized spacial score (nSPS) is 15.0. The van der Waals surface area contributed by atoms with Crippen LogP contribution in [-0.2, 0) is 11.2 Å². The highest BCUT2D eigenvalue weighted by Gasteiger charge is 2.16. The largest absolute Gasteiger partial charge is 0.385 e. The summed E-state index contributed by atoms with van der Waals surface area (Å²) in [6, 6.07) is 0.483. The highest BCUT2D eigenvalue weighted by molar-refractivity contribution is 7.09. The van der Waals surface area contributed by atoms with E-state index in [2.05, 4.69) is 29.5 Å². The molecule has 0 aliphatic rings. The van der Waals surface area contributed by atoms with Crippen molar-refractivity contribution >= 4 is 11.3 Å². The number of nitrogens with zero attached hydrogens (tertiary/aromatic N) is 1. The molecule has 1 rings (SSSR count). The average molecular weight is 242 g/mol. The number of methoxy groups -OCH3 is 1. The molecule has 0 radical (unpaired) electrons. The molecule has 1 N–H and O–H groups in total. The maximum absolute atomic E-state index is 5.12. The Morgan fingerprint density at radius 2 is 2.31 bits per heavy atom. The number of hydrogen-bond donors (Lipinski definition) is 1. The van der Waals surface area contributed by atoms with Crippen molar-refractivity contribution in [3.05, 3.63) is 16.1 Å². The van der Waals surface area contributed by atoms with Gasteiger partial charge in [-0.2, -0.15) is 0 Å². The first-order valence-corrected chi connectivity index (χ1v) is 6.62. The van der Waals surface area contributed by atoms with Crippen molar-refractivity contribution in [2.45, 2.75) is 32.7 Å². The minimum Gasteiger partial charge on any atom is -0.385 e. The number of hydrogen-bond acceptors (Lipinski definition) is 4. The average Bonchev–Trinajstić information content (AvgIpc) is 2.68. The lowest BCUT2D eigenvalue weighted by Crippen LogP contribution is -2.34. The maximum atomic E-state index is 5.12. The highest BCUT2D eigenvalue weighted by Crippen LogP contribution is 2.15. The lowest BCUT2D eigenvalue weighted by atomic mass is 9.95. The van der Waals surface area contributed by atoms with Crippen molar-refractivity contribution in [2.24, 2.45) is 5.92 Å². The van der Waals surface area contributed by atoms with Gasteiger partial charge in [0, 0.05) is 31.6 Å². The van der Waals surface area contributed by atoms with Crippen LogP contribution in [0.25, 0.3) is 0 Å². The SMILES string of the molecule is CNC(Cc1csc(C)n1)C(C)CCOC. The number of rotatable bonds is 7. The van der Waals surface area contributed by atoms with Crippen LogP contribution < -0.4 is 5.32 Å². The number of likely N-dealkylation sites (N-methyl/N-ethyl adjacent to an activating group) is 1. The van der Waals surface area contributed by atoms with Crippen LogP contribution in [0.4, 0.5) is 0 Å². The predicted molar refractivity (Wildman–Crippen MR) is 69.1 cm³/mol. The number of aryl methyl sites for hydroxylation is 1. The molecule has 0 amide bonds. The molecule has 0 aliphatic carbocycles. The minimum absolute atomic E-state index is 0.483. The Kier molecular flexibility index (Phi) is 5.95. The van der Waals surface area contributed by atoms with E-state index in [-0.39, 0.29) is 0 Å². The van der Waals surface area contributed by atoms with Crippen molar-refractivity contribution < 1.29 is 4.74 Å². The first-order chi connectivity index (χ1) is 7.67. The van der Waals surface area contributed by atoms with E-state index in [9.17, 15) is 0 Å². The van der Waals surface area contributed by atoms with Crippen LogP contribution in [0.2, 0.25) is 0 Å². The molecule has 2 unspecified atom stereocenters. The van der Waals surface area contributed by atoms with Crippen molar-refractivity contribution in [2.75, 3.05) is 20.8 Å². The van der Waals surface area contributed by atoms with Crippen LogP contribution in [0, 0.1) is 12.8 Å². The van der Waals surface area contributed by atoms with E-state index in [4.69, 9.17) is 4.74 Å². The van der Waals surface area contributed by atoms with Crippen LogP contribution in [0.15, 0.2) is 5.38 Å². The van der Waals surface area contributed by atoms with Crippen LogP contribution in [-0.4, -0.2) is 31.8 Å². The van der Waals surface area contributed by atoms with E-state index in [1.807, 2.05) is 7.05 Å². The first kappa shape index (κ1) is 13.6. The molecule has 0 aliphatic heterocycles. The van der Waals surface area contributed by atoms with Crippen LogP contribution >= 0.6 is 11.3 Å². The lowest BCUT2D eigenvalue weighted by molar-refractivity contribution is 0.171. The van der Waals surface area contributed by atoms with Crippen LogP contribution in [0.3, 0.4) is 0 Å². The quantitative estimate of drug-likeness (QED) is 0.796. The molecule has 16 heavy (non-hydrogen) atoms. The Labute approximate surface area is 102 Å². The summed E-state index contributed by atoms with van der Waals surface area (Å²) in [5.74, 6) is 0.604. The smallest absolute Gasteiger partial charge is 0.0897 e. The van der Waals surface area contributed by atoms with Gasteiger partial charge in [0.25, 0.3) is 0 Å². The molecule has 0 aromatic carbocycles. The maximum Gasteiger partial charge on any atom is 0.0897 e. The third kappa shape index (κ3) is 4.20. The molecule has 2 atom stereocenters. The number of aromatic nitrogens is 1. The number of nitrogens with one attached hydrogen (secondary N) is 1. The Morgan fingerprint density at radius 1 is 1.56 bits per heavy atom. The zero-order valence-corrected chi connectivity index (χ0v) is 11.4. The molecule has 0 saturated heterocycles. The van der Waals surface area contributed by atoms with Gasteiger partial charge >= 0.3 is 0 Å². The zero-order valence-electron chi connectivity index (χ0n) is 10.6. The first-order valence-electron chi connectivity index (χ1n) is 5.74. The van der Waals surface area contributed by atoms with Gasteiger partial charge < -0.3 is 10.1 Å². The van der Waals surface area contributed by atoms with E-state index < -0.39 is 0 Å². The van der Waals surface area contributed by atoms with Gasteiger partial charge in [-0.15, -0.1) is 11.3 Å². The fourth-order valence-electron chi connectivity index (χ4n) is 1.82. The Morgan fingerprint density at radius 3 is 2.81 bits per heavy atom. The van der Waals surface area contributed by atoms with Gasteiger partial charge in [0.15, 0.2) is 0 Å². The second kappa shape index (κ2) is 6.99. The number of thiazole rings is 1. The van der Waals surface area contributed by atoms with Crippen molar-refractivity contribution in [3.8, 4) is 0 Å². The van der Waals surface area contributed by atoms with E-state index in [1.165, 1.54) is 5.69 Å². The molecule has 1 heterocycles. The fourth-order valence-corrected chi connectivity index (χ4v) is 2.45. The Hall–Kier alpha value is -0.450. The lowest BCUT2D eigenvalue weighted by Gasteiger charge is -2.22. The minimum atomic E-state index is 0.483. The van der Waals surface area contributed by atoms with Gasteiger partial charge in [0.2, 0.25) is 0 Å². The molecule has 4 heteroatoms. The second-order valence-corrected chi connectivity index (χ2v) is 5.28. The molecule has 0 fully saturated rings. The molecular weight excluding hydrogens is 220 g/mol. The van der Waals surface area contributed by atoms with Gasteiger partial charge in [0.05, 0.1) is 10.7 Å². The van der Waals surface area contributed by atoms with Gasteiger partial charge in [-0.25, -0.2) is 4.98 Å². The van der Waals surface area contributed by atoms with Crippen molar-refractivity contribution in [1.82, 2.24) is 10.3 Å². The van der Waals surface area contributed by atoms with Crippen molar-refractivity contribution in [3.63, 3.8) is 0 Å². The fraction of sp³-hybridized carbons (Fsp3) is 0.750. The summed E-state index contributed by atoms with van der Waals surface area (Å²) < 4.78 is 5.12. The van der Waals surface area contributed by atoms with Crippen LogP contribution in [0.5, 0.6) is 0 Å².